The highest BCUT2D eigenvalue weighted by atomic mass is 19.3. The molecule has 0 amide bonds. The van der Waals surface area contributed by atoms with E-state index in [9.17, 15) is 8.78 Å². The maximum atomic E-state index is 13.9. The van der Waals surface area contributed by atoms with Gasteiger partial charge in [0.05, 0.1) is 17.8 Å². The van der Waals surface area contributed by atoms with Gasteiger partial charge in [-0.3, -0.25) is 4.90 Å². The second kappa shape index (κ2) is 12.0. The number of nitrogens with zero attached hydrogens (tertiary/aromatic N) is 7. The summed E-state index contributed by atoms with van der Waals surface area (Å²) in [7, 11) is 0. The van der Waals surface area contributed by atoms with Gasteiger partial charge in [0.2, 0.25) is 0 Å². The molecule has 0 aliphatic carbocycles. The molecule has 9 nitrogen and oxygen atoms in total. The zero-order valence-electron chi connectivity index (χ0n) is 27.4. The summed E-state index contributed by atoms with van der Waals surface area (Å²) in [6, 6.07) is 13.6. The van der Waals surface area contributed by atoms with Crippen molar-refractivity contribution in [3.8, 4) is 6.01 Å². The highest BCUT2D eigenvalue weighted by Gasteiger charge is 2.45. The van der Waals surface area contributed by atoms with Crippen molar-refractivity contribution in [3.05, 3.63) is 64.9 Å². The minimum atomic E-state index is -3.17. The lowest BCUT2D eigenvalue weighted by Gasteiger charge is -2.37. The standard InChI is InChI=1S/C36H43F2N7O2/c1-3-24-9-4-10-25-11-5-13-29(30(24)25)43-20-14-27-28(22-43)39-34(46-23-36-15-7-18-45(36)19-8-16-36)41-32(27)44-17-6-12-26(21-44)31-40-33(47-42-31)35(2,37)38/h4-5,9-11,13,26H,3,6-8,12,14-23H2,1-2H3. The van der Waals surface area contributed by atoms with Crippen LogP contribution in [0.25, 0.3) is 10.8 Å². The Morgan fingerprint density at radius 1 is 0.979 bits per heavy atom. The van der Waals surface area contributed by atoms with Crippen molar-refractivity contribution >= 4 is 22.3 Å². The Morgan fingerprint density at radius 3 is 2.55 bits per heavy atom. The Kier molecular flexibility index (Phi) is 7.77. The molecule has 0 bridgehead atoms. The lowest BCUT2D eigenvalue weighted by atomic mass is 9.95. The van der Waals surface area contributed by atoms with Crippen LogP contribution in [0, 0.1) is 0 Å². The van der Waals surface area contributed by atoms with Crippen LogP contribution in [0.5, 0.6) is 6.01 Å². The summed E-state index contributed by atoms with van der Waals surface area (Å²) in [5, 5.41) is 6.53. The van der Waals surface area contributed by atoms with Crippen molar-refractivity contribution < 1.29 is 18.0 Å². The van der Waals surface area contributed by atoms with Gasteiger partial charge < -0.3 is 19.1 Å². The smallest absolute Gasteiger partial charge is 0.322 e. The molecule has 0 N–H and O–H groups in total. The van der Waals surface area contributed by atoms with Crippen LogP contribution in [-0.2, 0) is 25.3 Å². The molecule has 11 heteroatoms. The number of fused-ring (bicyclic) bond motifs is 3. The summed E-state index contributed by atoms with van der Waals surface area (Å²) in [5.74, 6) is -2.71. The van der Waals surface area contributed by atoms with Crippen molar-refractivity contribution in [2.75, 3.05) is 49.1 Å². The van der Waals surface area contributed by atoms with Gasteiger partial charge >= 0.3 is 11.9 Å². The molecular weight excluding hydrogens is 600 g/mol. The van der Waals surface area contributed by atoms with Crippen LogP contribution < -0.4 is 14.5 Å². The minimum absolute atomic E-state index is 0.0822. The average molecular weight is 644 g/mol. The van der Waals surface area contributed by atoms with E-state index in [0.29, 0.717) is 31.5 Å². The molecule has 4 aliphatic heterocycles. The number of aryl methyl sites for hydroxylation is 1. The van der Waals surface area contributed by atoms with E-state index in [1.807, 2.05) is 0 Å². The zero-order chi connectivity index (χ0) is 32.2. The Bertz CT molecular complexity index is 1760. The van der Waals surface area contributed by atoms with Crippen LogP contribution in [0.4, 0.5) is 20.3 Å². The second-order valence-corrected chi connectivity index (χ2v) is 13.9. The van der Waals surface area contributed by atoms with Gasteiger partial charge in [-0.05, 0) is 81.5 Å². The molecule has 2 aromatic carbocycles. The first-order chi connectivity index (χ1) is 22.8. The Balaban J connectivity index is 1.13. The largest absolute Gasteiger partial charge is 0.461 e. The highest BCUT2D eigenvalue weighted by Crippen LogP contribution is 2.41. The molecule has 6 heterocycles. The van der Waals surface area contributed by atoms with Crippen molar-refractivity contribution in [3.63, 3.8) is 0 Å². The molecule has 1 atom stereocenters. The van der Waals surface area contributed by atoms with Crippen LogP contribution in [0.1, 0.15) is 86.8 Å². The number of rotatable bonds is 8. The SMILES string of the molecule is CCc1cccc2cccc(N3CCc4c(nc(OCC56CCCN5CCC6)nc4N4CCCC(c5noc(C(C)(F)F)n5)C4)C3)c12. The maximum Gasteiger partial charge on any atom is 0.322 e. The number of hydrogen-bond donors (Lipinski definition) is 0. The number of benzene rings is 2. The third-order valence-electron chi connectivity index (χ3n) is 10.9. The van der Waals surface area contributed by atoms with E-state index in [1.54, 1.807) is 0 Å². The monoisotopic (exact) mass is 643 g/mol. The fourth-order valence-electron chi connectivity index (χ4n) is 8.50. The van der Waals surface area contributed by atoms with E-state index in [-0.39, 0.29) is 11.5 Å². The third kappa shape index (κ3) is 5.60. The summed E-state index contributed by atoms with van der Waals surface area (Å²) in [4.78, 5) is 21.6. The van der Waals surface area contributed by atoms with Gasteiger partial charge in [0.15, 0.2) is 5.82 Å². The van der Waals surface area contributed by atoms with Gasteiger partial charge in [0.1, 0.15) is 12.4 Å². The molecule has 3 fully saturated rings. The first kappa shape index (κ1) is 30.5. The predicted molar refractivity (Wildman–Crippen MR) is 176 cm³/mol. The molecule has 248 valence electrons. The van der Waals surface area contributed by atoms with Crippen LogP contribution in [-0.4, -0.2) is 69.9 Å². The average Bonchev–Trinajstić information content (AvgIpc) is 3.83. The Labute approximate surface area is 274 Å². The fraction of sp³-hybridized carbons (Fsp3) is 0.556. The van der Waals surface area contributed by atoms with Gasteiger partial charge in [-0.15, -0.1) is 0 Å². The van der Waals surface area contributed by atoms with Crippen LogP contribution >= 0.6 is 0 Å². The molecule has 47 heavy (non-hydrogen) atoms. The third-order valence-corrected chi connectivity index (χ3v) is 10.9. The van der Waals surface area contributed by atoms with Gasteiger partial charge in [-0.25, -0.2) is 0 Å². The number of aromatic nitrogens is 4. The topological polar surface area (TPSA) is 83.7 Å². The molecule has 3 saturated heterocycles. The molecular formula is C36H43F2N7O2. The quantitative estimate of drug-likeness (QED) is 0.210. The molecule has 0 spiro atoms. The minimum Gasteiger partial charge on any atom is -0.461 e. The summed E-state index contributed by atoms with van der Waals surface area (Å²) in [5.41, 5.74) is 4.79. The molecule has 1 unspecified atom stereocenters. The fourth-order valence-corrected chi connectivity index (χ4v) is 8.50. The van der Waals surface area contributed by atoms with E-state index in [4.69, 9.17) is 19.2 Å². The van der Waals surface area contributed by atoms with Crippen molar-refractivity contribution in [1.82, 2.24) is 25.0 Å². The highest BCUT2D eigenvalue weighted by molar-refractivity contribution is 5.97. The van der Waals surface area contributed by atoms with Crippen LogP contribution in [0.2, 0.25) is 0 Å². The Morgan fingerprint density at radius 2 is 1.79 bits per heavy atom. The number of ether oxygens (including phenoxy) is 1. The number of halogens is 2. The van der Waals surface area contributed by atoms with Crippen molar-refractivity contribution in [1.29, 1.82) is 0 Å². The zero-order valence-corrected chi connectivity index (χ0v) is 27.4. The summed E-state index contributed by atoms with van der Waals surface area (Å²) in [6.07, 6.45) is 8.14. The lowest BCUT2D eigenvalue weighted by molar-refractivity contribution is -0.0158. The van der Waals surface area contributed by atoms with Crippen LogP contribution in [0.15, 0.2) is 40.9 Å². The van der Waals surface area contributed by atoms with E-state index in [1.165, 1.54) is 34.9 Å². The molecule has 4 aliphatic rings. The normalized spacial score (nSPS) is 21.3. The van der Waals surface area contributed by atoms with Gasteiger partial charge in [0.25, 0.3) is 5.89 Å². The van der Waals surface area contributed by atoms with E-state index in [0.717, 1.165) is 88.7 Å². The predicted octanol–water partition coefficient (Wildman–Crippen LogP) is 6.64. The molecule has 0 saturated carbocycles. The maximum absolute atomic E-state index is 13.9. The van der Waals surface area contributed by atoms with Gasteiger partial charge in [0, 0.05) is 49.1 Å². The number of alkyl halides is 2. The summed E-state index contributed by atoms with van der Waals surface area (Å²) in [6.45, 7) is 8.74. The van der Waals surface area contributed by atoms with Gasteiger partial charge in [-0.2, -0.15) is 23.7 Å². The van der Waals surface area contributed by atoms with Crippen molar-refractivity contribution in [2.45, 2.75) is 89.1 Å². The summed E-state index contributed by atoms with van der Waals surface area (Å²) < 4.78 is 39.4. The number of piperidine rings is 1. The first-order valence-corrected chi connectivity index (χ1v) is 17.3. The molecule has 8 rings (SSSR count). The lowest BCUT2D eigenvalue weighted by Crippen LogP contribution is -2.44. The first-order valence-electron chi connectivity index (χ1n) is 17.3. The molecule has 4 aromatic rings. The Hall–Kier alpha value is -3.86. The van der Waals surface area contributed by atoms with Crippen LogP contribution in [0.3, 0.4) is 0 Å². The summed E-state index contributed by atoms with van der Waals surface area (Å²) >= 11 is 0. The van der Waals surface area contributed by atoms with Gasteiger partial charge in [-0.1, -0.05) is 42.4 Å². The van der Waals surface area contributed by atoms with E-state index < -0.39 is 11.8 Å². The second-order valence-electron chi connectivity index (χ2n) is 13.9. The molecule has 0 radical (unpaired) electrons. The van der Waals surface area contributed by atoms with Crippen molar-refractivity contribution in [2.24, 2.45) is 0 Å². The van der Waals surface area contributed by atoms with E-state index in [2.05, 4.69) is 68.2 Å². The van der Waals surface area contributed by atoms with E-state index >= 15 is 0 Å². The number of hydrogen-bond acceptors (Lipinski definition) is 9. The number of anilines is 2. The molecule has 2 aromatic heterocycles.